The lowest BCUT2D eigenvalue weighted by molar-refractivity contribution is -0.391. The minimum Gasteiger partial charge on any atom is -0.375 e. The molecule has 0 amide bonds. The molecule has 0 aromatic rings. The Hall–Kier alpha value is -0.580. The lowest BCUT2D eigenvalue weighted by atomic mass is 10.0. The normalized spacial score (nSPS) is 26.7. The molecular weight excluding hydrogens is 298 g/mol. The summed E-state index contributed by atoms with van der Waals surface area (Å²) in [6.45, 7) is -2.43. The molecule has 118 valence electrons. The van der Waals surface area contributed by atoms with Gasteiger partial charge in [0.05, 0.1) is 33.0 Å². The maximum absolute atomic E-state index is 12.9. The Kier molecular flexibility index (Phi) is 4.20. The minimum atomic E-state index is -5.65. The van der Waals surface area contributed by atoms with Gasteiger partial charge < -0.3 is 18.9 Å². The molecule has 2 saturated heterocycles. The van der Waals surface area contributed by atoms with E-state index in [2.05, 4.69) is 18.9 Å². The van der Waals surface area contributed by atoms with Crippen molar-refractivity contribution in [1.82, 2.24) is 0 Å². The van der Waals surface area contributed by atoms with Crippen LogP contribution in [0.1, 0.15) is 0 Å². The van der Waals surface area contributed by atoms with E-state index in [-0.39, 0.29) is 19.8 Å². The van der Waals surface area contributed by atoms with Crippen LogP contribution in [0.25, 0.3) is 0 Å². The Morgan fingerprint density at radius 2 is 1.30 bits per heavy atom. The summed E-state index contributed by atoms with van der Waals surface area (Å²) < 4.78 is 95.2. The minimum absolute atomic E-state index is 0.0859. The molecular formula is C10H12F6O4. The zero-order valence-corrected chi connectivity index (χ0v) is 10.1. The standard InChI is InChI=1S/C10H12F6O4/c11-9(12,13)8(10(14,15)16,20-4-7-3-19-7)5-17-1-6-2-18-6/h6-7H,1-5H2. The molecule has 2 atom stereocenters. The molecule has 0 aromatic carbocycles. The topological polar surface area (TPSA) is 43.5 Å². The highest BCUT2D eigenvalue weighted by Gasteiger charge is 2.73. The van der Waals surface area contributed by atoms with Gasteiger partial charge in [0, 0.05) is 0 Å². The molecule has 2 fully saturated rings. The van der Waals surface area contributed by atoms with Gasteiger partial charge in [-0.2, -0.15) is 26.3 Å². The molecule has 0 spiro atoms. The van der Waals surface area contributed by atoms with Crippen molar-refractivity contribution in [2.75, 3.05) is 33.0 Å². The van der Waals surface area contributed by atoms with Gasteiger partial charge in [0.25, 0.3) is 5.60 Å². The fourth-order valence-electron chi connectivity index (χ4n) is 1.43. The molecule has 2 rings (SSSR count). The first-order chi connectivity index (χ1) is 9.16. The van der Waals surface area contributed by atoms with Gasteiger partial charge >= 0.3 is 12.4 Å². The van der Waals surface area contributed by atoms with Gasteiger partial charge in [-0.15, -0.1) is 0 Å². The molecule has 0 aromatic heterocycles. The lowest BCUT2D eigenvalue weighted by Gasteiger charge is -2.36. The highest BCUT2D eigenvalue weighted by atomic mass is 19.4. The number of hydrogen-bond acceptors (Lipinski definition) is 4. The van der Waals surface area contributed by atoms with Crippen molar-refractivity contribution in [1.29, 1.82) is 0 Å². The second-order valence-corrected chi connectivity index (χ2v) is 4.56. The molecule has 0 saturated carbocycles. The highest BCUT2D eigenvalue weighted by molar-refractivity contribution is 4.97. The van der Waals surface area contributed by atoms with Crippen LogP contribution in [0.3, 0.4) is 0 Å². The van der Waals surface area contributed by atoms with Crippen molar-refractivity contribution in [2.24, 2.45) is 0 Å². The smallest absolute Gasteiger partial charge is 0.375 e. The van der Waals surface area contributed by atoms with Gasteiger partial charge in [0.2, 0.25) is 0 Å². The summed E-state index contributed by atoms with van der Waals surface area (Å²) >= 11 is 0. The molecule has 2 aliphatic rings. The van der Waals surface area contributed by atoms with Crippen LogP contribution in [0.4, 0.5) is 26.3 Å². The molecule has 10 heteroatoms. The summed E-state index contributed by atoms with van der Waals surface area (Å²) in [7, 11) is 0. The van der Waals surface area contributed by atoms with E-state index in [1.807, 2.05) is 0 Å². The summed E-state index contributed by atoms with van der Waals surface area (Å²) in [5, 5.41) is 0. The zero-order chi connectivity index (χ0) is 15.0. The predicted molar refractivity (Wildman–Crippen MR) is 51.1 cm³/mol. The quantitative estimate of drug-likeness (QED) is 0.530. The Morgan fingerprint density at radius 3 is 1.70 bits per heavy atom. The van der Waals surface area contributed by atoms with E-state index < -0.39 is 43.4 Å². The van der Waals surface area contributed by atoms with Crippen LogP contribution in [0, 0.1) is 0 Å². The van der Waals surface area contributed by atoms with Gasteiger partial charge in [-0.1, -0.05) is 0 Å². The number of epoxide rings is 2. The second kappa shape index (κ2) is 5.32. The van der Waals surface area contributed by atoms with Gasteiger partial charge in [-0.05, 0) is 0 Å². The Labute approximate surface area is 109 Å². The summed E-state index contributed by atoms with van der Waals surface area (Å²) in [4.78, 5) is 0. The van der Waals surface area contributed by atoms with Crippen LogP contribution in [0.15, 0.2) is 0 Å². The van der Waals surface area contributed by atoms with Crippen LogP contribution >= 0.6 is 0 Å². The summed E-state index contributed by atoms with van der Waals surface area (Å²) in [5.41, 5.74) is -4.35. The average molecular weight is 310 g/mol. The largest absolute Gasteiger partial charge is 0.428 e. The van der Waals surface area contributed by atoms with Crippen molar-refractivity contribution in [3.63, 3.8) is 0 Å². The van der Waals surface area contributed by atoms with Crippen LogP contribution in [0.2, 0.25) is 0 Å². The van der Waals surface area contributed by atoms with Gasteiger partial charge in [0.15, 0.2) is 0 Å². The average Bonchev–Trinajstić information content (AvgIpc) is 3.11. The zero-order valence-electron chi connectivity index (χ0n) is 10.1. The van der Waals surface area contributed by atoms with E-state index in [0.29, 0.717) is 0 Å². The molecule has 0 aliphatic carbocycles. The molecule has 20 heavy (non-hydrogen) atoms. The van der Waals surface area contributed by atoms with E-state index >= 15 is 0 Å². The summed E-state index contributed by atoms with van der Waals surface area (Å²) in [5.74, 6) is 0. The van der Waals surface area contributed by atoms with Crippen LogP contribution < -0.4 is 0 Å². The van der Waals surface area contributed by atoms with Crippen molar-refractivity contribution < 1.29 is 45.3 Å². The second-order valence-electron chi connectivity index (χ2n) is 4.56. The van der Waals surface area contributed by atoms with Crippen molar-refractivity contribution in [3.8, 4) is 0 Å². The molecule has 0 radical (unpaired) electrons. The SMILES string of the molecule is FC(F)(F)C(COCC1CO1)(OCC1CO1)C(F)(F)F. The van der Waals surface area contributed by atoms with Crippen molar-refractivity contribution >= 4 is 0 Å². The molecule has 2 unspecified atom stereocenters. The lowest BCUT2D eigenvalue weighted by Crippen LogP contribution is -2.62. The molecule has 2 heterocycles. The number of halogens is 6. The Bertz CT molecular complexity index is 320. The van der Waals surface area contributed by atoms with Crippen LogP contribution in [-0.4, -0.2) is 63.2 Å². The third kappa shape index (κ3) is 3.54. The molecule has 2 aliphatic heterocycles. The maximum Gasteiger partial charge on any atom is 0.428 e. The maximum atomic E-state index is 12.9. The van der Waals surface area contributed by atoms with E-state index in [1.54, 1.807) is 0 Å². The predicted octanol–water partition coefficient (Wildman–Crippen LogP) is 1.68. The third-order valence-electron chi connectivity index (χ3n) is 2.85. The van der Waals surface area contributed by atoms with E-state index in [0.717, 1.165) is 0 Å². The summed E-state index contributed by atoms with van der Waals surface area (Å²) in [6.07, 6.45) is -12.5. The van der Waals surface area contributed by atoms with Crippen LogP contribution in [0.5, 0.6) is 0 Å². The van der Waals surface area contributed by atoms with E-state index in [1.165, 1.54) is 0 Å². The molecule has 0 bridgehead atoms. The highest BCUT2D eigenvalue weighted by Crippen LogP contribution is 2.46. The number of alkyl halides is 6. The van der Waals surface area contributed by atoms with E-state index in [4.69, 9.17) is 0 Å². The number of rotatable bonds is 7. The monoisotopic (exact) mass is 310 g/mol. The van der Waals surface area contributed by atoms with Gasteiger partial charge in [0.1, 0.15) is 12.2 Å². The first-order valence-corrected chi connectivity index (χ1v) is 5.74. The van der Waals surface area contributed by atoms with Crippen molar-refractivity contribution in [2.45, 2.75) is 30.2 Å². The molecule has 4 nitrogen and oxygen atoms in total. The first kappa shape index (κ1) is 15.8. The van der Waals surface area contributed by atoms with Gasteiger partial charge in [-0.3, -0.25) is 0 Å². The third-order valence-corrected chi connectivity index (χ3v) is 2.85. The number of ether oxygens (including phenoxy) is 4. The Balaban J connectivity index is 2.06. The van der Waals surface area contributed by atoms with Crippen LogP contribution in [-0.2, 0) is 18.9 Å². The van der Waals surface area contributed by atoms with Gasteiger partial charge in [-0.25, -0.2) is 0 Å². The van der Waals surface area contributed by atoms with E-state index in [9.17, 15) is 26.3 Å². The summed E-state index contributed by atoms with van der Waals surface area (Å²) in [6, 6.07) is 0. The Morgan fingerprint density at radius 1 is 0.850 bits per heavy atom. The number of hydrogen-bond donors (Lipinski definition) is 0. The fraction of sp³-hybridized carbons (Fsp3) is 1.00. The fourth-order valence-corrected chi connectivity index (χ4v) is 1.43. The van der Waals surface area contributed by atoms with Crippen molar-refractivity contribution in [3.05, 3.63) is 0 Å². The first-order valence-electron chi connectivity index (χ1n) is 5.74. The molecule has 0 N–H and O–H groups in total.